The minimum Gasteiger partial charge on any atom is -0.227 e. The zero-order valence-electron chi connectivity index (χ0n) is 8.82. The number of fused-ring (bicyclic) bond motifs is 1. The maximum Gasteiger partial charge on any atom is 0.173 e. The SMILES string of the molecule is Fc1ccc2nc(-c3sccc3Cl)nc(Cl)c2c1. The molecule has 0 atom stereocenters. The average Bonchev–Trinajstić information content (AvgIpc) is 2.76. The molecule has 0 aliphatic carbocycles. The number of aromatic nitrogens is 2. The van der Waals surface area contributed by atoms with E-state index >= 15 is 0 Å². The number of thiophene rings is 1. The summed E-state index contributed by atoms with van der Waals surface area (Å²) in [4.78, 5) is 9.26. The zero-order chi connectivity index (χ0) is 12.7. The van der Waals surface area contributed by atoms with Crippen LogP contribution in [0, 0.1) is 5.82 Å². The number of hydrogen-bond acceptors (Lipinski definition) is 3. The Hall–Kier alpha value is -1.23. The minimum absolute atomic E-state index is 0.221. The van der Waals surface area contributed by atoms with Gasteiger partial charge in [-0.15, -0.1) is 11.3 Å². The summed E-state index contributed by atoms with van der Waals surface area (Å²) in [5, 5.41) is 3.15. The van der Waals surface area contributed by atoms with Gasteiger partial charge in [-0.05, 0) is 29.6 Å². The Kier molecular flexibility index (Phi) is 2.93. The van der Waals surface area contributed by atoms with Crippen molar-refractivity contribution in [3.05, 3.63) is 45.6 Å². The van der Waals surface area contributed by atoms with Crippen LogP contribution in [0.1, 0.15) is 0 Å². The second kappa shape index (κ2) is 4.46. The molecule has 0 unspecified atom stereocenters. The van der Waals surface area contributed by atoms with Crippen LogP contribution in [0.2, 0.25) is 10.2 Å². The predicted molar refractivity (Wildman–Crippen MR) is 72.8 cm³/mol. The summed E-state index contributed by atoms with van der Waals surface area (Å²) in [6.07, 6.45) is 0. The normalized spacial score (nSPS) is 11.1. The van der Waals surface area contributed by atoms with E-state index in [-0.39, 0.29) is 11.0 Å². The average molecular weight is 299 g/mol. The predicted octanol–water partition coefficient (Wildman–Crippen LogP) is 4.80. The molecule has 0 bridgehead atoms. The van der Waals surface area contributed by atoms with Crippen molar-refractivity contribution in [2.45, 2.75) is 0 Å². The van der Waals surface area contributed by atoms with Crippen molar-refractivity contribution >= 4 is 45.4 Å². The molecular weight excluding hydrogens is 294 g/mol. The first kappa shape index (κ1) is 11.8. The molecule has 2 heterocycles. The lowest BCUT2D eigenvalue weighted by Crippen LogP contribution is -1.91. The topological polar surface area (TPSA) is 25.8 Å². The van der Waals surface area contributed by atoms with Gasteiger partial charge >= 0.3 is 0 Å². The Morgan fingerprint density at radius 3 is 2.67 bits per heavy atom. The van der Waals surface area contributed by atoms with Crippen molar-refractivity contribution in [3.8, 4) is 10.7 Å². The van der Waals surface area contributed by atoms with Crippen LogP contribution in [0.4, 0.5) is 4.39 Å². The van der Waals surface area contributed by atoms with Gasteiger partial charge in [0, 0.05) is 5.39 Å². The molecule has 0 aliphatic heterocycles. The molecule has 0 saturated carbocycles. The van der Waals surface area contributed by atoms with Crippen molar-refractivity contribution < 1.29 is 4.39 Å². The van der Waals surface area contributed by atoms with E-state index in [1.54, 1.807) is 12.1 Å². The molecule has 3 aromatic rings. The lowest BCUT2D eigenvalue weighted by molar-refractivity contribution is 0.629. The van der Waals surface area contributed by atoms with Crippen molar-refractivity contribution in [1.82, 2.24) is 9.97 Å². The third-order valence-corrected chi connectivity index (χ3v) is 4.06. The van der Waals surface area contributed by atoms with Gasteiger partial charge in [-0.3, -0.25) is 0 Å². The van der Waals surface area contributed by atoms with Crippen LogP contribution in [-0.4, -0.2) is 9.97 Å². The molecule has 0 fully saturated rings. The van der Waals surface area contributed by atoms with E-state index in [0.29, 0.717) is 21.7 Å². The Morgan fingerprint density at radius 1 is 1.11 bits per heavy atom. The molecule has 0 aliphatic rings. The van der Waals surface area contributed by atoms with Crippen molar-refractivity contribution in [1.29, 1.82) is 0 Å². The Labute approximate surface area is 116 Å². The van der Waals surface area contributed by atoms with E-state index in [9.17, 15) is 4.39 Å². The summed E-state index contributed by atoms with van der Waals surface area (Å²) < 4.78 is 13.1. The number of halogens is 3. The van der Waals surface area contributed by atoms with Crippen molar-refractivity contribution in [2.75, 3.05) is 0 Å². The second-order valence-electron chi connectivity index (χ2n) is 3.60. The molecule has 0 radical (unpaired) electrons. The van der Waals surface area contributed by atoms with Crippen LogP contribution in [0.3, 0.4) is 0 Å². The molecule has 2 aromatic heterocycles. The maximum absolute atomic E-state index is 13.1. The van der Waals surface area contributed by atoms with Gasteiger partial charge in [0.05, 0.1) is 15.4 Å². The largest absolute Gasteiger partial charge is 0.227 e. The Balaban J connectivity index is 2.28. The highest BCUT2D eigenvalue weighted by Crippen LogP contribution is 2.33. The van der Waals surface area contributed by atoms with Gasteiger partial charge in [-0.25, -0.2) is 14.4 Å². The molecule has 1 aromatic carbocycles. The summed E-state index contributed by atoms with van der Waals surface area (Å²) in [7, 11) is 0. The molecule has 0 spiro atoms. The van der Waals surface area contributed by atoms with E-state index in [1.807, 2.05) is 5.38 Å². The minimum atomic E-state index is -0.366. The van der Waals surface area contributed by atoms with E-state index in [1.165, 1.54) is 23.5 Å². The first-order valence-corrected chi connectivity index (χ1v) is 6.65. The smallest absolute Gasteiger partial charge is 0.173 e. The van der Waals surface area contributed by atoms with Crippen molar-refractivity contribution in [2.24, 2.45) is 0 Å². The van der Waals surface area contributed by atoms with E-state index in [0.717, 1.165) is 4.88 Å². The molecule has 6 heteroatoms. The van der Waals surface area contributed by atoms with Crippen LogP contribution in [-0.2, 0) is 0 Å². The first-order valence-electron chi connectivity index (χ1n) is 5.01. The monoisotopic (exact) mass is 298 g/mol. The quantitative estimate of drug-likeness (QED) is 0.603. The fraction of sp³-hybridized carbons (Fsp3) is 0. The molecule has 3 rings (SSSR count). The van der Waals surface area contributed by atoms with Crippen LogP contribution in [0.25, 0.3) is 21.6 Å². The fourth-order valence-corrected chi connectivity index (χ4v) is 2.92. The second-order valence-corrected chi connectivity index (χ2v) is 5.28. The third kappa shape index (κ3) is 1.96. The van der Waals surface area contributed by atoms with Gasteiger partial charge in [-0.1, -0.05) is 23.2 Å². The number of nitrogens with zero attached hydrogens (tertiary/aromatic N) is 2. The molecule has 0 saturated heterocycles. The summed E-state index contributed by atoms with van der Waals surface area (Å²) >= 11 is 13.5. The third-order valence-electron chi connectivity index (χ3n) is 2.43. The van der Waals surface area contributed by atoms with Gasteiger partial charge in [0.2, 0.25) is 0 Å². The van der Waals surface area contributed by atoms with Crippen LogP contribution < -0.4 is 0 Å². The highest BCUT2D eigenvalue weighted by molar-refractivity contribution is 7.14. The molecule has 90 valence electrons. The first-order chi connectivity index (χ1) is 8.65. The maximum atomic E-state index is 13.1. The highest BCUT2D eigenvalue weighted by Gasteiger charge is 2.12. The van der Waals surface area contributed by atoms with Gasteiger partial charge in [0.25, 0.3) is 0 Å². The van der Waals surface area contributed by atoms with Gasteiger partial charge in [0.15, 0.2) is 5.82 Å². The van der Waals surface area contributed by atoms with E-state index < -0.39 is 0 Å². The summed E-state index contributed by atoms with van der Waals surface area (Å²) in [6, 6.07) is 6.00. The molecule has 2 nitrogen and oxygen atoms in total. The van der Waals surface area contributed by atoms with Crippen LogP contribution >= 0.6 is 34.5 Å². The Bertz CT molecular complexity index is 742. The standard InChI is InChI=1S/C12H5Cl2FN2S/c13-8-3-4-18-10(8)12-16-9-2-1-6(15)5-7(9)11(14)17-12/h1-5H. The van der Waals surface area contributed by atoms with Gasteiger partial charge < -0.3 is 0 Å². The van der Waals surface area contributed by atoms with E-state index in [4.69, 9.17) is 23.2 Å². The number of rotatable bonds is 1. The van der Waals surface area contributed by atoms with Crippen molar-refractivity contribution in [3.63, 3.8) is 0 Å². The zero-order valence-corrected chi connectivity index (χ0v) is 11.2. The summed E-state index contributed by atoms with van der Waals surface area (Å²) in [5.41, 5.74) is 0.593. The van der Waals surface area contributed by atoms with Gasteiger partial charge in [-0.2, -0.15) is 0 Å². The lowest BCUT2D eigenvalue weighted by atomic mass is 10.2. The highest BCUT2D eigenvalue weighted by atomic mass is 35.5. The molecule has 18 heavy (non-hydrogen) atoms. The summed E-state index contributed by atoms with van der Waals surface area (Å²) in [5.74, 6) is 0.0917. The van der Waals surface area contributed by atoms with E-state index in [2.05, 4.69) is 9.97 Å². The molecule has 0 amide bonds. The number of hydrogen-bond donors (Lipinski definition) is 0. The molecule has 0 N–H and O–H groups in total. The molecular formula is C12H5Cl2FN2S. The van der Waals surface area contributed by atoms with Crippen LogP contribution in [0.15, 0.2) is 29.6 Å². The lowest BCUT2D eigenvalue weighted by Gasteiger charge is -2.03. The Morgan fingerprint density at radius 2 is 1.94 bits per heavy atom. The fourth-order valence-electron chi connectivity index (χ4n) is 1.62. The summed E-state index contributed by atoms with van der Waals surface area (Å²) in [6.45, 7) is 0. The number of benzene rings is 1. The van der Waals surface area contributed by atoms with Gasteiger partial charge in [0.1, 0.15) is 11.0 Å². The van der Waals surface area contributed by atoms with Crippen LogP contribution in [0.5, 0.6) is 0 Å².